The summed E-state index contributed by atoms with van der Waals surface area (Å²) in [6, 6.07) is 13.0. The first-order valence-electron chi connectivity index (χ1n) is 5.91. The quantitative estimate of drug-likeness (QED) is 0.778. The molecular weight excluding hydrogens is 319 g/mol. The van der Waals surface area contributed by atoms with Gasteiger partial charge in [-0.3, -0.25) is 0 Å². The number of rotatable bonds is 2. The van der Waals surface area contributed by atoms with E-state index >= 15 is 0 Å². The lowest BCUT2D eigenvalue weighted by Gasteiger charge is -2.37. The smallest absolute Gasteiger partial charge is 0.203 e. The third-order valence-corrected chi connectivity index (χ3v) is 4.59. The van der Waals surface area contributed by atoms with Gasteiger partial charge in [0.25, 0.3) is 0 Å². The van der Waals surface area contributed by atoms with Crippen LogP contribution in [0.15, 0.2) is 48.5 Å². The van der Waals surface area contributed by atoms with E-state index in [9.17, 15) is 10.2 Å². The van der Waals surface area contributed by atoms with Crippen LogP contribution in [0.3, 0.4) is 0 Å². The predicted octanol–water partition coefficient (Wildman–Crippen LogP) is 4.77. The van der Waals surface area contributed by atoms with Crippen molar-refractivity contribution in [2.24, 2.45) is 0 Å². The molecule has 0 aliphatic carbocycles. The van der Waals surface area contributed by atoms with E-state index in [1.165, 1.54) is 0 Å². The van der Waals surface area contributed by atoms with Crippen molar-refractivity contribution in [3.63, 3.8) is 0 Å². The molecule has 2 N–H and O–H groups in total. The van der Waals surface area contributed by atoms with E-state index in [0.717, 1.165) is 11.1 Å². The number of alkyl halides is 3. The minimum absolute atomic E-state index is 0.145. The molecule has 106 valence electrons. The maximum absolute atomic E-state index is 9.40. The zero-order chi connectivity index (χ0) is 15.0. The van der Waals surface area contributed by atoms with Crippen LogP contribution in [0.5, 0.6) is 11.5 Å². The third-order valence-electron chi connectivity index (χ3n) is 3.46. The Hall–Kier alpha value is -1.09. The van der Waals surface area contributed by atoms with Crippen molar-refractivity contribution in [2.45, 2.75) is 16.1 Å². The zero-order valence-electron chi connectivity index (χ0n) is 10.6. The maximum Gasteiger partial charge on any atom is 0.203 e. The highest BCUT2D eigenvalue weighted by Crippen LogP contribution is 2.51. The van der Waals surface area contributed by atoms with Crippen LogP contribution >= 0.6 is 34.8 Å². The molecule has 0 unspecified atom stereocenters. The molecule has 0 amide bonds. The van der Waals surface area contributed by atoms with Gasteiger partial charge >= 0.3 is 0 Å². The molecule has 0 heterocycles. The van der Waals surface area contributed by atoms with Gasteiger partial charge in [0.1, 0.15) is 11.5 Å². The van der Waals surface area contributed by atoms with Gasteiger partial charge in [0.15, 0.2) is 0 Å². The molecule has 0 fully saturated rings. The summed E-state index contributed by atoms with van der Waals surface area (Å²) in [6.07, 6.45) is 0. The van der Waals surface area contributed by atoms with Crippen LogP contribution in [-0.4, -0.2) is 14.0 Å². The summed E-state index contributed by atoms with van der Waals surface area (Å²) < 4.78 is -1.60. The second-order valence-corrected chi connectivity index (χ2v) is 7.00. The highest BCUT2D eigenvalue weighted by Gasteiger charge is 2.47. The number of aromatic hydroxyl groups is 2. The molecular formula is C15H13Cl3O2. The summed E-state index contributed by atoms with van der Waals surface area (Å²) in [7, 11) is 0. The average Bonchev–Trinajstić information content (AvgIpc) is 2.38. The summed E-state index contributed by atoms with van der Waals surface area (Å²) in [4.78, 5) is 0. The lowest BCUT2D eigenvalue weighted by atomic mass is 9.77. The van der Waals surface area contributed by atoms with Gasteiger partial charge in [0.2, 0.25) is 3.79 Å². The molecule has 0 saturated heterocycles. The van der Waals surface area contributed by atoms with Gasteiger partial charge < -0.3 is 10.2 Å². The first-order chi connectivity index (χ1) is 9.25. The molecule has 2 aromatic rings. The van der Waals surface area contributed by atoms with Crippen molar-refractivity contribution < 1.29 is 10.2 Å². The van der Waals surface area contributed by atoms with Gasteiger partial charge in [-0.15, -0.1) is 0 Å². The molecule has 0 aliphatic heterocycles. The standard InChI is InChI=1S/C15H13Cl3O2/c1-14(15(16,17)18,10-2-6-12(19)7-3-10)11-4-8-13(20)9-5-11/h2-9,19-20H,1H3. The molecule has 0 spiro atoms. The number of phenolic OH excluding ortho intramolecular Hbond substituents is 2. The molecule has 0 aromatic heterocycles. The Morgan fingerprint density at radius 2 is 1.00 bits per heavy atom. The molecule has 0 saturated carbocycles. The first kappa shape index (κ1) is 15.3. The highest BCUT2D eigenvalue weighted by molar-refractivity contribution is 6.68. The van der Waals surface area contributed by atoms with Gasteiger partial charge in [0.05, 0.1) is 5.41 Å². The Kier molecular flexibility index (Phi) is 4.10. The maximum atomic E-state index is 9.40. The topological polar surface area (TPSA) is 40.5 Å². The van der Waals surface area contributed by atoms with Gasteiger partial charge in [-0.2, -0.15) is 0 Å². The highest BCUT2D eigenvalue weighted by atomic mass is 35.6. The molecule has 2 aromatic carbocycles. The minimum atomic E-state index is -1.60. The number of hydrogen-bond acceptors (Lipinski definition) is 2. The van der Waals surface area contributed by atoms with Crippen LogP contribution in [-0.2, 0) is 5.41 Å². The lowest BCUT2D eigenvalue weighted by molar-refractivity contribution is 0.473. The molecule has 20 heavy (non-hydrogen) atoms. The third kappa shape index (κ3) is 2.69. The van der Waals surface area contributed by atoms with Crippen LogP contribution < -0.4 is 0 Å². The predicted molar refractivity (Wildman–Crippen MR) is 83.0 cm³/mol. The van der Waals surface area contributed by atoms with Crippen molar-refractivity contribution in [3.8, 4) is 11.5 Å². The van der Waals surface area contributed by atoms with E-state index in [1.807, 2.05) is 0 Å². The second kappa shape index (κ2) is 5.36. The van der Waals surface area contributed by atoms with E-state index in [4.69, 9.17) is 34.8 Å². The van der Waals surface area contributed by atoms with Crippen LogP contribution in [0.1, 0.15) is 18.1 Å². The van der Waals surface area contributed by atoms with E-state index < -0.39 is 9.21 Å². The van der Waals surface area contributed by atoms with Gasteiger partial charge in [0, 0.05) is 0 Å². The van der Waals surface area contributed by atoms with Crippen LogP contribution in [0, 0.1) is 0 Å². The molecule has 0 radical (unpaired) electrons. The minimum Gasteiger partial charge on any atom is -0.508 e. The van der Waals surface area contributed by atoms with E-state index in [1.54, 1.807) is 55.5 Å². The second-order valence-electron chi connectivity index (χ2n) is 4.72. The Balaban J connectivity index is 2.62. The largest absolute Gasteiger partial charge is 0.508 e. The van der Waals surface area contributed by atoms with Crippen molar-refractivity contribution in [3.05, 3.63) is 59.7 Å². The van der Waals surface area contributed by atoms with Crippen molar-refractivity contribution >= 4 is 34.8 Å². The van der Waals surface area contributed by atoms with Crippen LogP contribution in [0.2, 0.25) is 0 Å². The molecule has 2 rings (SSSR count). The molecule has 0 atom stereocenters. The van der Waals surface area contributed by atoms with Crippen LogP contribution in [0.25, 0.3) is 0 Å². The fraction of sp³-hybridized carbons (Fsp3) is 0.200. The summed E-state index contributed by atoms with van der Waals surface area (Å²) in [5, 5.41) is 18.8. The summed E-state index contributed by atoms with van der Waals surface area (Å²) in [5.41, 5.74) is 0.584. The normalized spacial score (nSPS) is 12.4. The molecule has 2 nitrogen and oxygen atoms in total. The van der Waals surface area contributed by atoms with Crippen molar-refractivity contribution in [2.75, 3.05) is 0 Å². The Morgan fingerprint density at radius 1 is 0.700 bits per heavy atom. The fourth-order valence-corrected chi connectivity index (χ4v) is 2.74. The SMILES string of the molecule is CC(c1ccc(O)cc1)(c1ccc(O)cc1)C(Cl)(Cl)Cl. The monoisotopic (exact) mass is 330 g/mol. The Labute approximate surface area is 132 Å². The van der Waals surface area contributed by atoms with Crippen LogP contribution in [0.4, 0.5) is 0 Å². The summed E-state index contributed by atoms with van der Waals surface area (Å²) >= 11 is 18.6. The van der Waals surface area contributed by atoms with E-state index in [0.29, 0.717) is 0 Å². The average molecular weight is 332 g/mol. The van der Waals surface area contributed by atoms with Crippen molar-refractivity contribution in [1.82, 2.24) is 0 Å². The Morgan fingerprint density at radius 3 is 1.25 bits per heavy atom. The summed E-state index contributed by atoms with van der Waals surface area (Å²) in [5.74, 6) is 0.289. The number of benzene rings is 2. The molecule has 0 bridgehead atoms. The summed E-state index contributed by atoms with van der Waals surface area (Å²) in [6.45, 7) is 1.80. The zero-order valence-corrected chi connectivity index (χ0v) is 12.9. The Bertz CT molecular complexity index is 541. The van der Waals surface area contributed by atoms with E-state index in [-0.39, 0.29) is 11.5 Å². The van der Waals surface area contributed by atoms with Gasteiger partial charge in [-0.1, -0.05) is 59.1 Å². The van der Waals surface area contributed by atoms with Gasteiger partial charge in [-0.05, 0) is 42.3 Å². The lowest BCUT2D eigenvalue weighted by Crippen LogP contribution is -2.38. The van der Waals surface area contributed by atoms with Gasteiger partial charge in [-0.25, -0.2) is 0 Å². The number of halogens is 3. The number of hydrogen-bond donors (Lipinski definition) is 2. The molecule has 0 aliphatic rings. The fourth-order valence-electron chi connectivity index (χ4n) is 2.08. The van der Waals surface area contributed by atoms with E-state index in [2.05, 4.69) is 0 Å². The van der Waals surface area contributed by atoms with Crippen molar-refractivity contribution in [1.29, 1.82) is 0 Å². The molecule has 5 heteroatoms. The number of phenols is 2. The first-order valence-corrected chi connectivity index (χ1v) is 7.04.